The van der Waals surface area contributed by atoms with E-state index in [0.717, 1.165) is 6.42 Å². The number of benzene rings is 2. The zero-order valence-corrected chi connectivity index (χ0v) is 17.2. The zero-order chi connectivity index (χ0) is 17.2. The Morgan fingerprint density at radius 1 is 1.04 bits per heavy atom. The molecule has 3 N–H and O–H groups in total. The van der Waals surface area contributed by atoms with E-state index in [1.807, 2.05) is 19.1 Å². The lowest BCUT2D eigenvalue weighted by Crippen LogP contribution is -2.40. The first-order chi connectivity index (χ1) is 11.7. The van der Waals surface area contributed by atoms with E-state index in [0.29, 0.717) is 25.0 Å². The number of hydrogen-bond donors (Lipinski definition) is 2. The van der Waals surface area contributed by atoms with Crippen LogP contribution in [0.15, 0.2) is 65.7 Å². The van der Waals surface area contributed by atoms with Gasteiger partial charge in [0.05, 0.1) is 6.61 Å². The maximum absolute atomic E-state index is 5.95. The molecule has 2 aromatic rings. The summed E-state index contributed by atoms with van der Waals surface area (Å²) in [7, 11) is 1.68. The third-order valence-corrected chi connectivity index (χ3v) is 3.91. The summed E-state index contributed by atoms with van der Waals surface area (Å²) < 4.78 is 5.09. The highest BCUT2D eigenvalue weighted by Crippen LogP contribution is 2.27. The number of nitrogens with one attached hydrogen (secondary N) is 1. The first kappa shape index (κ1) is 21.4. The number of aliphatic imine (C=N–C) groups is 1. The molecule has 0 saturated carbocycles. The highest BCUT2D eigenvalue weighted by molar-refractivity contribution is 14.0. The van der Waals surface area contributed by atoms with E-state index in [4.69, 9.17) is 10.5 Å². The molecule has 0 saturated heterocycles. The van der Waals surface area contributed by atoms with Crippen molar-refractivity contribution in [3.63, 3.8) is 0 Å². The van der Waals surface area contributed by atoms with Gasteiger partial charge in [0.2, 0.25) is 0 Å². The molecule has 5 heteroatoms. The van der Waals surface area contributed by atoms with Gasteiger partial charge in [0, 0.05) is 25.6 Å². The molecule has 0 bridgehead atoms. The fourth-order valence-electron chi connectivity index (χ4n) is 2.80. The van der Waals surface area contributed by atoms with E-state index in [1.54, 1.807) is 7.11 Å². The molecule has 136 valence electrons. The van der Waals surface area contributed by atoms with Crippen molar-refractivity contribution >= 4 is 29.9 Å². The molecule has 0 radical (unpaired) electrons. The van der Waals surface area contributed by atoms with E-state index in [1.165, 1.54) is 11.1 Å². The SMILES string of the molecule is COCC(C)NC(N)=NCCC(c1ccccc1)c1ccccc1.I. The lowest BCUT2D eigenvalue weighted by molar-refractivity contribution is 0.179. The summed E-state index contributed by atoms with van der Waals surface area (Å²) in [5, 5.41) is 3.14. The Kier molecular flexibility index (Phi) is 10.2. The van der Waals surface area contributed by atoms with Gasteiger partial charge in [0.25, 0.3) is 0 Å². The molecule has 0 aliphatic heterocycles. The predicted molar refractivity (Wildman–Crippen MR) is 116 cm³/mol. The molecule has 2 aromatic carbocycles. The zero-order valence-electron chi connectivity index (χ0n) is 14.9. The van der Waals surface area contributed by atoms with Crippen LogP contribution >= 0.6 is 24.0 Å². The van der Waals surface area contributed by atoms with E-state index in [-0.39, 0.29) is 30.0 Å². The number of nitrogens with zero attached hydrogens (tertiary/aromatic N) is 1. The molecule has 0 aliphatic carbocycles. The Labute approximate surface area is 167 Å². The Hall–Kier alpha value is -1.60. The predicted octanol–water partition coefficient (Wildman–Crippen LogP) is 3.77. The lowest BCUT2D eigenvalue weighted by Gasteiger charge is -2.18. The number of hydrogen-bond acceptors (Lipinski definition) is 2. The average Bonchev–Trinajstić information content (AvgIpc) is 2.60. The van der Waals surface area contributed by atoms with Crippen molar-refractivity contribution in [2.75, 3.05) is 20.3 Å². The minimum Gasteiger partial charge on any atom is -0.383 e. The van der Waals surface area contributed by atoms with E-state index in [2.05, 4.69) is 58.8 Å². The van der Waals surface area contributed by atoms with Crippen LogP contribution in [0.4, 0.5) is 0 Å². The molecule has 0 aromatic heterocycles. The highest BCUT2D eigenvalue weighted by atomic mass is 127. The first-order valence-corrected chi connectivity index (χ1v) is 8.36. The molecule has 2 rings (SSSR count). The number of ether oxygens (including phenoxy) is 1. The van der Waals surface area contributed by atoms with Gasteiger partial charge in [-0.3, -0.25) is 4.99 Å². The fourth-order valence-corrected chi connectivity index (χ4v) is 2.80. The van der Waals surface area contributed by atoms with Gasteiger partial charge in [-0.1, -0.05) is 60.7 Å². The largest absolute Gasteiger partial charge is 0.383 e. The molecule has 1 unspecified atom stereocenters. The standard InChI is InChI=1S/C20H27N3O.HI/c1-16(15-24-2)23-20(21)22-14-13-19(17-9-5-3-6-10-17)18-11-7-4-8-12-18;/h3-12,16,19H,13-15H2,1-2H3,(H3,21,22,23);1H. The Bertz CT molecular complexity index is 580. The van der Waals surface area contributed by atoms with Crippen LogP contribution in [0.25, 0.3) is 0 Å². The lowest BCUT2D eigenvalue weighted by atomic mass is 9.89. The van der Waals surface area contributed by atoms with Crippen LogP contribution in [0.3, 0.4) is 0 Å². The topological polar surface area (TPSA) is 59.6 Å². The van der Waals surface area contributed by atoms with Crippen LogP contribution in [0.1, 0.15) is 30.4 Å². The van der Waals surface area contributed by atoms with Gasteiger partial charge in [0.15, 0.2) is 5.96 Å². The fraction of sp³-hybridized carbons (Fsp3) is 0.350. The summed E-state index contributed by atoms with van der Waals surface area (Å²) in [5.74, 6) is 0.791. The Balaban J connectivity index is 0.00000312. The van der Waals surface area contributed by atoms with E-state index in [9.17, 15) is 0 Å². The molecule has 0 spiro atoms. The maximum atomic E-state index is 5.95. The first-order valence-electron chi connectivity index (χ1n) is 8.36. The number of rotatable bonds is 8. The van der Waals surface area contributed by atoms with Gasteiger partial charge < -0.3 is 15.8 Å². The minimum atomic E-state index is 0. The Morgan fingerprint density at radius 2 is 1.56 bits per heavy atom. The summed E-state index contributed by atoms with van der Waals surface area (Å²) in [4.78, 5) is 4.46. The van der Waals surface area contributed by atoms with Crippen molar-refractivity contribution in [1.82, 2.24) is 5.32 Å². The molecule has 0 heterocycles. The van der Waals surface area contributed by atoms with Gasteiger partial charge in [-0.15, -0.1) is 24.0 Å². The number of guanidine groups is 1. The Morgan fingerprint density at radius 3 is 2.04 bits per heavy atom. The summed E-state index contributed by atoms with van der Waals surface area (Å²) in [6, 6.07) is 21.2. The van der Waals surface area contributed by atoms with Crippen LogP contribution in [0.2, 0.25) is 0 Å². The van der Waals surface area contributed by atoms with Crippen LogP contribution in [-0.2, 0) is 4.74 Å². The average molecular weight is 453 g/mol. The maximum Gasteiger partial charge on any atom is 0.188 e. The quantitative estimate of drug-likeness (QED) is 0.364. The minimum absolute atomic E-state index is 0. The number of methoxy groups -OCH3 is 1. The van der Waals surface area contributed by atoms with Crippen molar-refractivity contribution in [2.45, 2.75) is 25.3 Å². The van der Waals surface area contributed by atoms with Crippen molar-refractivity contribution in [3.8, 4) is 0 Å². The van der Waals surface area contributed by atoms with E-state index >= 15 is 0 Å². The second-order valence-corrected chi connectivity index (χ2v) is 5.93. The van der Waals surface area contributed by atoms with Crippen LogP contribution in [0.5, 0.6) is 0 Å². The third kappa shape index (κ3) is 7.44. The van der Waals surface area contributed by atoms with Crippen molar-refractivity contribution < 1.29 is 4.74 Å². The monoisotopic (exact) mass is 453 g/mol. The summed E-state index contributed by atoms with van der Waals surface area (Å²) in [5.41, 5.74) is 8.56. The van der Waals surface area contributed by atoms with Crippen LogP contribution in [0, 0.1) is 0 Å². The molecular weight excluding hydrogens is 425 g/mol. The van der Waals surface area contributed by atoms with Crippen molar-refractivity contribution in [3.05, 3.63) is 71.8 Å². The summed E-state index contributed by atoms with van der Waals surface area (Å²) in [6.45, 7) is 3.29. The highest BCUT2D eigenvalue weighted by Gasteiger charge is 2.13. The summed E-state index contributed by atoms with van der Waals surface area (Å²) in [6.07, 6.45) is 0.912. The summed E-state index contributed by atoms with van der Waals surface area (Å²) >= 11 is 0. The molecule has 4 nitrogen and oxygen atoms in total. The van der Waals surface area contributed by atoms with Crippen molar-refractivity contribution in [1.29, 1.82) is 0 Å². The molecule has 25 heavy (non-hydrogen) atoms. The molecule has 0 fully saturated rings. The van der Waals surface area contributed by atoms with Gasteiger partial charge in [-0.25, -0.2) is 0 Å². The number of nitrogens with two attached hydrogens (primary N) is 1. The second-order valence-electron chi connectivity index (χ2n) is 5.93. The smallest absolute Gasteiger partial charge is 0.188 e. The normalized spacial score (nSPS) is 12.5. The van der Waals surface area contributed by atoms with Gasteiger partial charge in [-0.05, 0) is 24.5 Å². The molecule has 1 atom stereocenters. The molecular formula is C20H28IN3O. The molecule has 0 aliphatic rings. The van der Waals surface area contributed by atoms with Gasteiger partial charge in [-0.2, -0.15) is 0 Å². The van der Waals surface area contributed by atoms with Gasteiger partial charge >= 0.3 is 0 Å². The third-order valence-electron chi connectivity index (χ3n) is 3.91. The number of halogens is 1. The molecule has 0 amide bonds. The second kappa shape index (κ2) is 11.9. The van der Waals surface area contributed by atoms with Crippen molar-refractivity contribution in [2.24, 2.45) is 10.7 Å². The van der Waals surface area contributed by atoms with Gasteiger partial charge in [0.1, 0.15) is 0 Å². The van der Waals surface area contributed by atoms with Crippen LogP contribution < -0.4 is 11.1 Å². The van der Waals surface area contributed by atoms with E-state index < -0.39 is 0 Å². The van der Waals surface area contributed by atoms with Crippen LogP contribution in [-0.4, -0.2) is 32.3 Å².